The van der Waals surface area contributed by atoms with Gasteiger partial charge in [-0.2, -0.15) is 0 Å². The second kappa shape index (κ2) is 4.67. The van der Waals surface area contributed by atoms with Gasteiger partial charge in [0.25, 0.3) is 0 Å². The van der Waals surface area contributed by atoms with Crippen molar-refractivity contribution >= 4 is 15.9 Å². The quantitative estimate of drug-likeness (QED) is 0.793. The van der Waals surface area contributed by atoms with Gasteiger partial charge >= 0.3 is 0 Å². The fourth-order valence-corrected chi connectivity index (χ4v) is 1.40. The summed E-state index contributed by atoms with van der Waals surface area (Å²) in [5.41, 5.74) is 0. The Morgan fingerprint density at radius 1 is 1.50 bits per heavy atom. The Labute approximate surface area is 81.7 Å². The Balaban J connectivity index is 2.24. The van der Waals surface area contributed by atoms with E-state index in [0.29, 0.717) is 0 Å². The molecule has 3 heteroatoms. The first-order chi connectivity index (χ1) is 5.68. The fourth-order valence-electron chi connectivity index (χ4n) is 1.05. The summed E-state index contributed by atoms with van der Waals surface area (Å²) in [4.78, 5) is 2.18. The Morgan fingerprint density at radius 3 is 2.75 bits per heavy atom. The molecule has 0 radical (unpaired) electrons. The molecular formula is C9H14BrNO. The summed E-state index contributed by atoms with van der Waals surface area (Å²) in [6, 6.07) is 2.02. The highest BCUT2D eigenvalue weighted by Crippen LogP contribution is 2.15. The smallest absolute Gasteiger partial charge is 0.105 e. The second-order valence-corrected chi connectivity index (χ2v) is 4.05. The molecule has 0 atom stereocenters. The number of hydrogen-bond acceptors (Lipinski definition) is 2. The summed E-state index contributed by atoms with van der Waals surface area (Å²) in [7, 11) is 4.16. The highest BCUT2D eigenvalue weighted by atomic mass is 79.9. The summed E-state index contributed by atoms with van der Waals surface area (Å²) < 4.78 is 6.31. The van der Waals surface area contributed by atoms with E-state index in [9.17, 15) is 0 Å². The van der Waals surface area contributed by atoms with E-state index in [1.807, 2.05) is 6.07 Å². The standard InChI is InChI=1S/C9H14BrNO/c1-11(2)5-3-4-9-6-8(10)7-12-9/h6-7H,3-5H2,1-2H3. The Bertz CT molecular complexity index is 232. The summed E-state index contributed by atoms with van der Waals surface area (Å²) in [6.07, 6.45) is 3.89. The van der Waals surface area contributed by atoms with Crippen LogP contribution in [-0.2, 0) is 6.42 Å². The topological polar surface area (TPSA) is 16.4 Å². The van der Waals surface area contributed by atoms with Crippen molar-refractivity contribution in [3.05, 3.63) is 22.6 Å². The first kappa shape index (κ1) is 9.81. The number of furan rings is 1. The lowest BCUT2D eigenvalue weighted by molar-refractivity contribution is 0.389. The van der Waals surface area contributed by atoms with Crippen molar-refractivity contribution in [1.82, 2.24) is 4.90 Å². The van der Waals surface area contributed by atoms with E-state index in [-0.39, 0.29) is 0 Å². The lowest BCUT2D eigenvalue weighted by atomic mass is 10.2. The van der Waals surface area contributed by atoms with Crippen molar-refractivity contribution in [2.24, 2.45) is 0 Å². The molecule has 0 aliphatic heterocycles. The SMILES string of the molecule is CN(C)CCCc1cc(Br)co1. The van der Waals surface area contributed by atoms with Crippen molar-refractivity contribution in [2.75, 3.05) is 20.6 Å². The van der Waals surface area contributed by atoms with Gasteiger partial charge in [-0.15, -0.1) is 0 Å². The molecule has 0 N–H and O–H groups in total. The van der Waals surface area contributed by atoms with Crippen LogP contribution < -0.4 is 0 Å². The molecule has 0 fully saturated rings. The van der Waals surface area contributed by atoms with Gasteiger partial charge in [-0.25, -0.2) is 0 Å². The van der Waals surface area contributed by atoms with Crippen LogP contribution in [0.25, 0.3) is 0 Å². The number of hydrogen-bond donors (Lipinski definition) is 0. The normalized spacial score (nSPS) is 11.0. The van der Waals surface area contributed by atoms with Gasteiger partial charge in [0, 0.05) is 6.42 Å². The summed E-state index contributed by atoms with van der Waals surface area (Å²) >= 11 is 3.35. The van der Waals surface area contributed by atoms with Gasteiger partial charge in [0.15, 0.2) is 0 Å². The van der Waals surface area contributed by atoms with Gasteiger partial charge in [-0.1, -0.05) is 0 Å². The van der Waals surface area contributed by atoms with E-state index in [1.54, 1.807) is 6.26 Å². The largest absolute Gasteiger partial charge is 0.468 e. The summed E-state index contributed by atoms with van der Waals surface area (Å²) in [5.74, 6) is 1.06. The zero-order valence-corrected chi connectivity index (χ0v) is 9.10. The van der Waals surface area contributed by atoms with Gasteiger partial charge in [0.05, 0.1) is 4.47 Å². The maximum absolute atomic E-state index is 5.28. The van der Waals surface area contributed by atoms with Crippen molar-refractivity contribution in [3.8, 4) is 0 Å². The zero-order valence-electron chi connectivity index (χ0n) is 7.51. The van der Waals surface area contributed by atoms with E-state index in [4.69, 9.17) is 4.42 Å². The summed E-state index contributed by atoms with van der Waals surface area (Å²) in [5, 5.41) is 0. The van der Waals surface area contributed by atoms with E-state index >= 15 is 0 Å². The minimum Gasteiger partial charge on any atom is -0.468 e. The van der Waals surface area contributed by atoms with Crippen LogP contribution in [-0.4, -0.2) is 25.5 Å². The second-order valence-electron chi connectivity index (χ2n) is 3.14. The third kappa shape index (κ3) is 3.41. The number of halogens is 1. The van der Waals surface area contributed by atoms with Crippen LogP contribution in [0.15, 0.2) is 21.2 Å². The third-order valence-corrected chi connectivity index (χ3v) is 2.07. The molecule has 12 heavy (non-hydrogen) atoms. The highest BCUT2D eigenvalue weighted by molar-refractivity contribution is 9.10. The molecule has 1 heterocycles. The van der Waals surface area contributed by atoms with E-state index in [0.717, 1.165) is 29.6 Å². The molecule has 0 aromatic carbocycles. The molecule has 0 aliphatic rings. The molecule has 0 saturated carbocycles. The van der Waals surface area contributed by atoms with Crippen LogP contribution in [0, 0.1) is 0 Å². The van der Waals surface area contributed by atoms with Gasteiger partial charge in [0.1, 0.15) is 12.0 Å². The fraction of sp³-hybridized carbons (Fsp3) is 0.556. The predicted molar refractivity (Wildman–Crippen MR) is 53.3 cm³/mol. The van der Waals surface area contributed by atoms with Crippen molar-refractivity contribution in [3.63, 3.8) is 0 Å². The van der Waals surface area contributed by atoms with Crippen LogP contribution in [0.2, 0.25) is 0 Å². The van der Waals surface area contributed by atoms with Crippen LogP contribution >= 0.6 is 15.9 Å². The van der Waals surface area contributed by atoms with Gasteiger partial charge in [-0.05, 0) is 49.1 Å². The van der Waals surface area contributed by atoms with Gasteiger partial charge < -0.3 is 9.32 Å². The lowest BCUT2D eigenvalue weighted by Crippen LogP contribution is -2.13. The van der Waals surface area contributed by atoms with Crippen molar-refractivity contribution in [1.29, 1.82) is 0 Å². The predicted octanol–water partition coefficient (Wildman–Crippen LogP) is 2.54. The third-order valence-electron chi connectivity index (χ3n) is 1.65. The molecule has 0 bridgehead atoms. The molecule has 0 aliphatic carbocycles. The average molecular weight is 232 g/mol. The van der Waals surface area contributed by atoms with E-state index in [1.165, 1.54) is 0 Å². The minimum absolute atomic E-state index is 1.02. The van der Waals surface area contributed by atoms with Crippen LogP contribution in [0.5, 0.6) is 0 Å². The molecule has 0 spiro atoms. The van der Waals surface area contributed by atoms with Gasteiger partial charge in [-0.3, -0.25) is 0 Å². The molecule has 68 valence electrons. The van der Waals surface area contributed by atoms with Crippen LogP contribution in [0.1, 0.15) is 12.2 Å². The first-order valence-electron chi connectivity index (χ1n) is 4.06. The van der Waals surface area contributed by atoms with E-state index in [2.05, 4.69) is 34.9 Å². The maximum atomic E-state index is 5.28. The Kier molecular flexibility index (Phi) is 3.82. The number of rotatable bonds is 4. The lowest BCUT2D eigenvalue weighted by Gasteiger charge is -2.07. The van der Waals surface area contributed by atoms with Gasteiger partial charge in [0.2, 0.25) is 0 Å². The summed E-state index contributed by atoms with van der Waals surface area (Å²) in [6.45, 7) is 1.11. The molecule has 0 saturated heterocycles. The number of nitrogens with zero attached hydrogens (tertiary/aromatic N) is 1. The molecule has 1 aromatic rings. The minimum atomic E-state index is 1.02. The zero-order chi connectivity index (χ0) is 8.97. The maximum Gasteiger partial charge on any atom is 0.105 e. The Morgan fingerprint density at radius 2 is 2.25 bits per heavy atom. The molecule has 2 nitrogen and oxygen atoms in total. The first-order valence-corrected chi connectivity index (χ1v) is 4.85. The number of aryl methyl sites for hydroxylation is 1. The van der Waals surface area contributed by atoms with E-state index < -0.39 is 0 Å². The molecule has 0 amide bonds. The molecule has 1 rings (SSSR count). The monoisotopic (exact) mass is 231 g/mol. The molecule has 1 aromatic heterocycles. The van der Waals surface area contributed by atoms with Crippen LogP contribution in [0.4, 0.5) is 0 Å². The highest BCUT2D eigenvalue weighted by Gasteiger charge is 1.99. The molecular weight excluding hydrogens is 218 g/mol. The average Bonchev–Trinajstić information content (AvgIpc) is 2.35. The van der Waals surface area contributed by atoms with Crippen LogP contribution in [0.3, 0.4) is 0 Å². The van der Waals surface area contributed by atoms with Crippen molar-refractivity contribution < 1.29 is 4.42 Å². The Hall–Kier alpha value is -0.280. The van der Waals surface area contributed by atoms with Crippen molar-refractivity contribution in [2.45, 2.75) is 12.8 Å². The molecule has 0 unspecified atom stereocenters.